The van der Waals surface area contributed by atoms with Crippen LogP contribution in [0.5, 0.6) is 0 Å². The molecule has 1 aliphatic carbocycles. The van der Waals surface area contributed by atoms with Gasteiger partial charge in [-0.1, -0.05) is 97.0 Å². The number of likely N-dealkylation sites (tertiary alicyclic amines) is 1. The number of fused-ring (bicyclic) bond motifs is 4. The predicted molar refractivity (Wildman–Crippen MR) is 162 cm³/mol. The Kier molecular flexibility index (Phi) is 5.60. The summed E-state index contributed by atoms with van der Waals surface area (Å²) in [7, 11) is 2.00. The van der Waals surface area contributed by atoms with Gasteiger partial charge in [0.15, 0.2) is 10.7 Å². The number of thioether (sulfide) groups is 1. The minimum Gasteiger partial charge on any atom is -0.324 e. The van der Waals surface area contributed by atoms with E-state index in [4.69, 9.17) is 4.99 Å². The van der Waals surface area contributed by atoms with Gasteiger partial charge in [0.2, 0.25) is 5.91 Å². The van der Waals surface area contributed by atoms with E-state index in [-0.39, 0.29) is 23.8 Å². The SMILES string of the molecule is CN1C[C@H](c2ccccc2)[C@]2(SC3=NC4=C(CCCCC4)[C@@H](c4ccccc4)N3C2=O)[C@]12C(=O)Nc1ccccc12. The molecule has 2 amide bonds. The first-order valence-electron chi connectivity index (χ1n) is 14.6. The maximum absolute atomic E-state index is 15.5. The van der Waals surface area contributed by atoms with Gasteiger partial charge < -0.3 is 5.32 Å². The van der Waals surface area contributed by atoms with Crippen LogP contribution in [-0.4, -0.2) is 45.1 Å². The number of amides is 2. The fourth-order valence-electron chi connectivity index (χ4n) is 8.12. The Morgan fingerprint density at radius 2 is 1.54 bits per heavy atom. The molecule has 7 heteroatoms. The average Bonchev–Trinajstić information content (AvgIpc) is 3.47. The van der Waals surface area contributed by atoms with Gasteiger partial charge in [0.1, 0.15) is 4.75 Å². The van der Waals surface area contributed by atoms with E-state index in [0.717, 1.165) is 58.9 Å². The molecule has 41 heavy (non-hydrogen) atoms. The van der Waals surface area contributed by atoms with E-state index >= 15 is 4.79 Å². The Labute approximate surface area is 244 Å². The summed E-state index contributed by atoms with van der Waals surface area (Å²) in [4.78, 5) is 39.3. The molecule has 6 nitrogen and oxygen atoms in total. The number of benzene rings is 3. The first-order chi connectivity index (χ1) is 20.1. The average molecular weight is 561 g/mol. The minimum atomic E-state index is -1.18. The summed E-state index contributed by atoms with van der Waals surface area (Å²) in [5.74, 6) is -0.365. The molecule has 3 aromatic rings. The third kappa shape index (κ3) is 3.22. The number of anilines is 1. The first kappa shape index (κ1) is 25.1. The molecule has 5 aliphatic rings. The smallest absolute Gasteiger partial charge is 0.251 e. The molecule has 0 unspecified atom stereocenters. The number of hydrogen-bond donors (Lipinski definition) is 1. The molecule has 3 aromatic carbocycles. The number of aliphatic imine (C=N–C) groups is 1. The molecule has 0 saturated carbocycles. The summed E-state index contributed by atoms with van der Waals surface area (Å²) in [6.07, 6.45) is 5.24. The minimum absolute atomic E-state index is 0.0176. The van der Waals surface area contributed by atoms with E-state index < -0.39 is 10.3 Å². The lowest BCUT2D eigenvalue weighted by Gasteiger charge is -2.42. The molecule has 0 aromatic heterocycles. The Balaban J connectivity index is 1.39. The number of para-hydroxylation sites is 1. The van der Waals surface area contributed by atoms with E-state index in [2.05, 4.69) is 46.6 Å². The quantitative estimate of drug-likeness (QED) is 0.405. The largest absolute Gasteiger partial charge is 0.324 e. The Morgan fingerprint density at radius 3 is 2.32 bits per heavy atom. The topological polar surface area (TPSA) is 65.0 Å². The highest BCUT2D eigenvalue weighted by molar-refractivity contribution is 8.16. The van der Waals surface area contributed by atoms with Crippen molar-refractivity contribution in [3.63, 3.8) is 0 Å². The summed E-state index contributed by atoms with van der Waals surface area (Å²) >= 11 is 1.53. The molecule has 0 bridgehead atoms. The molecule has 2 spiro atoms. The Hall–Kier alpha value is -3.68. The van der Waals surface area contributed by atoms with Crippen LogP contribution in [0, 0.1) is 0 Å². The number of nitrogens with one attached hydrogen (secondary N) is 1. The fraction of sp³-hybridized carbons (Fsp3) is 0.324. The Bertz CT molecular complexity index is 1640. The van der Waals surface area contributed by atoms with Crippen molar-refractivity contribution < 1.29 is 9.59 Å². The van der Waals surface area contributed by atoms with Gasteiger partial charge in [-0.2, -0.15) is 0 Å². The van der Waals surface area contributed by atoms with Gasteiger partial charge in [-0.05, 0) is 55.5 Å². The molecule has 2 fully saturated rings. The van der Waals surface area contributed by atoms with Crippen molar-refractivity contribution >= 4 is 34.4 Å². The zero-order valence-electron chi connectivity index (χ0n) is 23.0. The van der Waals surface area contributed by atoms with Crippen molar-refractivity contribution in [1.29, 1.82) is 0 Å². The van der Waals surface area contributed by atoms with E-state index in [1.807, 2.05) is 60.5 Å². The number of nitrogens with zero attached hydrogens (tertiary/aromatic N) is 3. The van der Waals surface area contributed by atoms with Crippen LogP contribution in [0.1, 0.15) is 60.8 Å². The van der Waals surface area contributed by atoms with Gasteiger partial charge in [-0.15, -0.1) is 0 Å². The van der Waals surface area contributed by atoms with Crippen LogP contribution in [0.25, 0.3) is 0 Å². The lowest BCUT2D eigenvalue weighted by molar-refractivity contribution is -0.139. The molecule has 206 valence electrons. The molecule has 4 atom stereocenters. The van der Waals surface area contributed by atoms with Crippen LogP contribution in [-0.2, 0) is 15.1 Å². The van der Waals surface area contributed by atoms with Crippen LogP contribution in [0.4, 0.5) is 5.69 Å². The molecule has 8 rings (SSSR count). The summed E-state index contributed by atoms with van der Waals surface area (Å²) in [5, 5.41) is 3.91. The van der Waals surface area contributed by atoms with Crippen LogP contribution < -0.4 is 5.32 Å². The number of allylic oxidation sites excluding steroid dienone is 1. The second kappa shape index (κ2) is 9.16. The van der Waals surface area contributed by atoms with Crippen molar-refractivity contribution in [2.24, 2.45) is 4.99 Å². The number of amidine groups is 1. The molecule has 4 aliphatic heterocycles. The molecular weight excluding hydrogens is 528 g/mol. The molecular formula is C34H32N4O2S. The summed E-state index contributed by atoms with van der Waals surface area (Å²) in [5.41, 5.74) is 5.05. The van der Waals surface area contributed by atoms with Crippen molar-refractivity contribution in [2.45, 2.75) is 54.3 Å². The van der Waals surface area contributed by atoms with Crippen LogP contribution >= 0.6 is 11.8 Å². The van der Waals surface area contributed by atoms with Crippen molar-refractivity contribution in [3.05, 3.63) is 113 Å². The highest BCUT2D eigenvalue weighted by atomic mass is 32.2. The number of carbonyl (C=O) groups excluding carboxylic acids is 2. The van der Waals surface area contributed by atoms with E-state index in [9.17, 15) is 4.79 Å². The third-order valence-electron chi connectivity index (χ3n) is 9.81. The number of rotatable bonds is 2. The molecule has 4 heterocycles. The second-order valence-electron chi connectivity index (χ2n) is 11.8. The normalized spacial score (nSPS) is 30.8. The van der Waals surface area contributed by atoms with Crippen LogP contribution in [0.2, 0.25) is 0 Å². The summed E-state index contributed by atoms with van der Waals surface area (Å²) < 4.78 is -1.13. The van der Waals surface area contributed by atoms with Gasteiger partial charge in [0, 0.05) is 29.4 Å². The standard InChI is InChI=1S/C34H32N4O2S/c1-37-21-26(22-13-5-2-6-14-22)34(33(37)25-18-11-12-20-28(25)35-30(33)39)31(40)38-29(23-15-7-3-8-16-23)24-17-9-4-10-19-27(24)36-32(38)41-34/h2-3,5-8,11-16,18,20,26,29H,4,9-10,17,19,21H2,1H3,(H,35,39)/t26-,29-,33+,34-/m1/s1. The van der Waals surface area contributed by atoms with E-state index in [0.29, 0.717) is 6.54 Å². The monoisotopic (exact) mass is 560 g/mol. The maximum atomic E-state index is 15.5. The van der Waals surface area contributed by atoms with E-state index in [1.165, 1.54) is 23.8 Å². The van der Waals surface area contributed by atoms with Gasteiger partial charge >= 0.3 is 0 Å². The van der Waals surface area contributed by atoms with E-state index in [1.54, 1.807) is 0 Å². The highest BCUT2D eigenvalue weighted by Gasteiger charge is 2.78. The zero-order valence-corrected chi connectivity index (χ0v) is 23.9. The lowest BCUT2D eigenvalue weighted by Crippen LogP contribution is -2.62. The number of likely N-dealkylation sites (N-methyl/N-ethyl adjacent to an activating group) is 1. The van der Waals surface area contributed by atoms with Crippen LogP contribution in [0.3, 0.4) is 0 Å². The molecule has 2 saturated heterocycles. The van der Waals surface area contributed by atoms with Gasteiger partial charge in [0.05, 0.1) is 6.04 Å². The molecule has 1 N–H and O–H groups in total. The summed E-state index contributed by atoms with van der Waals surface area (Å²) in [6.45, 7) is 0.578. The van der Waals surface area contributed by atoms with Gasteiger partial charge in [-0.3, -0.25) is 19.4 Å². The van der Waals surface area contributed by atoms with Crippen LogP contribution in [0.15, 0.2) is 101 Å². The second-order valence-corrected chi connectivity index (χ2v) is 13.0. The van der Waals surface area contributed by atoms with Gasteiger partial charge in [0.25, 0.3) is 5.91 Å². The fourth-order valence-corrected chi connectivity index (χ4v) is 9.89. The highest BCUT2D eigenvalue weighted by Crippen LogP contribution is 2.67. The lowest BCUT2D eigenvalue weighted by atomic mass is 9.71. The van der Waals surface area contributed by atoms with Crippen molar-refractivity contribution in [1.82, 2.24) is 9.80 Å². The first-order valence-corrected chi connectivity index (χ1v) is 15.4. The zero-order chi connectivity index (χ0) is 27.8. The molecule has 0 radical (unpaired) electrons. The summed E-state index contributed by atoms with van der Waals surface area (Å²) in [6, 6.07) is 28.4. The predicted octanol–water partition coefficient (Wildman–Crippen LogP) is 6.21. The number of carbonyl (C=O) groups is 2. The maximum Gasteiger partial charge on any atom is 0.251 e. The van der Waals surface area contributed by atoms with Crippen molar-refractivity contribution in [3.8, 4) is 0 Å². The Morgan fingerprint density at radius 1 is 0.854 bits per heavy atom. The van der Waals surface area contributed by atoms with Gasteiger partial charge in [-0.25, -0.2) is 4.99 Å². The number of hydrogen-bond acceptors (Lipinski definition) is 5. The third-order valence-corrected chi connectivity index (χ3v) is 11.4. The van der Waals surface area contributed by atoms with Crippen molar-refractivity contribution in [2.75, 3.05) is 18.9 Å².